The molecule has 0 fully saturated rings. The molecule has 8 aromatic rings. The quantitative estimate of drug-likeness (QED) is 0.0985. The predicted octanol–water partition coefficient (Wildman–Crippen LogP) is 15.2. The van der Waals surface area contributed by atoms with Crippen LogP contribution in [-0.2, 0) is 11.8 Å². The first-order valence-electron chi connectivity index (χ1n) is 19.0. The highest BCUT2D eigenvalue weighted by Gasteiger charge is 2.72. The van der Waals surface area contributed by atoms with Crippen LogP contribution >= 0.6 is 0 Å². The highest BCUT2D eigenvalue weighted by molar-refractivity contribution is 5.76. The van der Waals surface area contributed by atoms with Crippen LogP contribution in [0, 0.1) is 0 Å². The van der Waals surface area contributed by atoms with Crippen molar-refractivity contribution in [1.82, 2.24) is 0 Å². The Balaban J connectivity index is 0.000000149. The highest BCUT2D eigenvalue weighted by Crippen LogP contribution is 2.55. The van der Waals surface area contributed by atoms with Gasteiger partial charge in [-0.25, -0.2) is 0 Å². The summed E-state index contributed by atoms with van der Waals surface area (Å²) in [4.78, 5) is 2.25. The molecule has 59 heavy (non-hydrogen) atoms. The second-order valence-corrected chi connectivity index (χ2v) is 13.5. The third-order valence-corrected chi connectivity index (χ3v) is 9.50. The largest absolute Gasteiger partial charge is 0.380 e. The predicted molar refractivity (Wildman–Crippen MR) is 227 cm³/mol. The van der Waals surface area contributed by atoms with E-state index in [4.69, 9.17) is 0 Å². The Bertz CT molecular complexity index is 2020. The molecule has 0 unspecified atom stereocenters. The molecule has 0 bridgehead atoms. The van der Waals surface area contributed by atoms with Crippen molar-refractivity contribution in [1.29, 1.82) is 0 Å². The van der Waals surface area contributed by atoms with E-state index in [-0.39, 0.29) is 0 Å². The maximum absolute atomic E-state index is 13.9. The van der Waals surface area contributed by atoms with Gasteiger partial charge in [0.2, 0.25) is 0 Å². The molecule has 0 aromatic heterocycles. The van der Waals surface area contributed by atoms with Gasteiger partial charge in [0.05, 0.1) is 0 Å². The maximum atomic E-state index is 13.9. The number of para-hydroxylation sites is 3. The van der Waals surface area contributed by atoms with Gasteiger partial charge < -0.3 is 4.90 Å². The van der Waals surface area contributed by atoms with Crippen molar-refractivity contribution in [2.75, 3.05) is 4.90 Å². The molecular weight excluding hydrogens is 753 g/mol. The Morgan fingerprint density at radius 3 is 0.712 bits per heavy atom. The molecule has 0 spiro atoms. The first-order chi connectivity index (χ1) is 28.6. The smallest absolute Gasteiger partial charge is 0.311 e. The van der Waals surface area contributed by atoms with E-state index in [0.717, 1.165) is 24.3 Å². The Kier molecular flexibility index (Phi) is 13.8. The van der Waals surface area contributed by atoms with Gasteiger partial charge in [0, 0.05) is 34.1 Å². The lowest BCUT2D eigenvalue weighted by atomic mass is 9.85. The lowest BCUT2D eigenvalue weighted by molar-refractivity contribution is -0.321. The molecule has 7 heteroatoms. The van der Waals surface area contributed by atoms with Gasteiger partial charge in [-0.1, -0.05) is 206 Å². The summed E-state index contributed by atoms with van der Waals surface area (Å²) in [6.07, 6.45) is 0. The van der Waals surface area contributed by atoms with Crippen molar-refractivity contribution in [3.05, 3.63) is 270 Å². The minimum Gasteiger partial charge on any atom is -0.311 e. The molecule has 0 saturated heterocycles. The second-order valence-electron chi connectivity index (χ2n) is 13.5. The van der Waals surface area contributed by atoms with E-state index < -0.39 is 28.9 Å². The van der Waals surface area contributed by atoms with Crippen LogP contribution in [0.4, 0.5) is 43.4 Å². The number of hydrogen-bond acceptors (Lipinski definition) is 1. The summed E-state index contributed by atoms with van der Waals surface area (Å²) >= 11 is 0. The van der Waals surface area contributed by atoms with Gasteiger partial charge in [0.25, 0.3) is 0 Å². The molecule has 0 saturated carbocycles. The van der Waals surface area contributed by atoms with Gasteiger partial charge in [-0.05, 0) is 53.1 Å². The summed E-state index contributed by atoms with van der Waals surface area (Å²) < 4.78 is 83.2. The number of hydrogen-bond donors (Lipinski definition) is 0. The van der Waals surface area contributed by atoms with E-state index in [1.165, 1.54) is 45.9 Å². The van der Waals surface area contributed by atoms with Crippen molar-refractivity contribution >= 4 is 17.1 Å². The summed E-state index contributed by atoms with van der Waals surface area (Å²) in [6.45, 7) is 0. The molecule has 1 nitrogen and oxygen atoms in total. The summed E-state index contributed by atoms with van der Waals surface area (Å²) in [5, 5.41) is 0. The fraction of sp³-hybridized carbons (Fsp3) is 0.0769. The molecule has 0 radical (unpaired) electrons. The Hall–Kier alpha value is -6.86. The zero-order valence-electron chi connectivity index (χ0n) is 31.9. The summed E-state index contributed by atoms with van der Waals surface area (Å²) in [5.41, 5.74) is 5.18. The van der Waals surface area contributed by atoms with Crippen LogP contribution in [0.25, 0.3) is 0 Å². The topological polar surface area (TPSA) is 3.24 Å². The average molecular weight is 794 g/mol. The van der Waals surface area contributed by atoms with E-state index in [9.17, 15) is 26.3 Å². The van der Waals surface area contributed by atoms with Crippen molar-refractivity contribution in [3.63, 3.8) is 0 Å². The number of anilines is 3. The Morgan fingerprint density at radius 1 is 0.271 bits per heavy atom. The zero-order valence-corrected chi connectivity index (χ0v) is 31.9. The first-order valence-corrected chi connectivity index (χ1v) is 19.0. The molecule has 8 rings (SSSR count). The number of halogens is 6. The number of benzene rings is 8. The standard InChI is InChI=1S/C19H16.C18H15N.C15H10F6/c2*1-4-10-16(11-5-1)19(17-12-6-2-7-13-17)18-14-8-3-9-15-18;16-13(17,11-7-3-1-4-8-11)15(20,21)14(18,19)12-9-5-2-6-10-12/h1-15,19H;1-15H;1-10H. The number of rotatable bonds is 10. The molecule has 0 heterocycles. The van der Waals surface area contributed by atoms with Crippen LogP contribution in [0.15, 0.2) is 243 Å². The van der Waals surface area contributed by atoms with E-state index in [1.54, 1.807) is 0 Å². The van der Waals surface area contributed by atoms with Crippen LogP contribution in [0.3, 0.4) is 0 Å². The van der Waals surface area contributed by atoms with Crippen molar-refractivity contribution in [2.24, 2.45) is 0 Å². The van der Waals surface area contributed by atoms with Gasteiger partial charge in [-0.2, -0.15) is 26.3 Å². The SMILES string of the molecule is FC(F)(c1ccccc1)C(F)(F)C(F)(F)c1ccccc1.c1ccc(C(c2ccccc2)c2ccccc2)cc1.c1ccc(N(c2ccccc2)c2ccccc2)cc1. The van der Waals surface area contributed by atoms with Crippen molar-refractivity contribution < 1.29 is 26.3 Å². The number of alkyl halides is 6. The summed E-state index contributed by atoms with van der Waals surface area (Å²) in [5.74, 6) is -15.3. The average Bonchev–Trinajstić information content (AvgIpc) is 3.30. The van der Waals surface area contributed by atoms with Gasteiger partial charge >= 0.3 is 17.8 Å². The van der Waals surface area contributed by atoms with Crippen LogP contribution in [0.5, 0.6) is 0 Å². The minimum atomic E-state index is -5.57. The fourth-order valence-electron chi connectivity index (χ4n) is 6.55. The lowest BCUT2D eigenvalue weighted by Gasteiger charge is -2.33. The Morgan fingerprint density at radius 2 is 0.475 bits per heavy atom. The first kappa shape index (κ1) is 41.8. The van der Waals surface area contributed by atoms with Gasteiger partial charge in [0.15, 0.2) is 0 Å². The molecule has 296 valence electrons. The van der Waals surface area contributed by atoms with E-state index in [2.05, 4.69) is 169 Å². The van der Waals surface area contributed by atoms with Crippen LogP contribution < -0.4 is 4.90 Å². The zero-order chi connectivity index (χ0) is 41.6. The van der Waals surface area contributed by atoms with Crippen LogP contribution in [-0.4, -0.2) is 5.92 Å². The molecule has 0 aliphatic carbocycles. The van der Waals surface area contributed by atoms with Gasteiger partial charge in [-0.15, -0.1) is 0 Å². The van der Waals surface area contributed by atoms with E-state index >= 15 is 0 Å². The fourth-order valence-corrected chi connectivity index (χ4v) is 6.55. The highest BCUT2D eigenvalue weighted by atomic mass is 19.3. The molecule has 0 N–H and O–H groups in total. The van der Waals surface area contributed by atoms with Crippen LogP contribution in [0.1, 0.15) is 33.7 Å². The van der Waals surface area contributed by atoms with E-state index in [1.807, 2.05) is 18.2 Å². The minimum absolute atomic E-state index is 0.309. The summed E-state index contributed by atoms with van der Waals surface area (Å²) in [6, 6.07) is 73.0. The molecule has 0 atom stereocenters. The van der Waals surface area contributed by atoms with Crippen molar-refractivity contribution in [2.45, 2.75) is 23.7 Å². The monoisotopic (exact) mass is 793 g/mol. The van der Waals surface area contributed by atoms with Gasteiger partial charge in [-0.3, -0.25) is 0 Å². The third kappa shape index (κ3) is 10.00. The van der Waals surface area contributed by atoms with E-state index in [0.29, 0.717) is 30.2 Å². The molecule has 8 aromatic carbocycles. The molecule has 0 amide bonds. The molecule has 0 aliphatic rings. The molecule has 0 aliphatic heterocycles. The summed E-state index contributed by atoms with van der Waals surface area (Å²) in [7, 11) is 0. The maximum Gasteiger partial charge on any atom is 0.380 e. The van der Waals surface area contributed by atoms with Crippen LogP contribution in [0.2, 0.25) is 0 Å². The van der Waals surface area contributed by atoms with Gasteiger partial charge in [0.1, 0.15) is 0 Å². The third-order valence-electron chi connectivity index (χ3n) is 9.50. The Labute approximate surface area is 341 Å². The molecular formula is C52H41F6N. The normalized spacial score (nSPS) is 11.4. The second kappa shape index (κ2) is 19.5. The van der Waals surface area contributed by atoms with Crippen molar-refractivity contribution in [3.8, 4) is 0 Å². The lowest BCUT2D eigenvalue weighted by Crippen LogP contribution is -2.50. The number of nitrogens with zero attached hydrogens (tertiary/aromatic N) is 1.